The largest absolute Gasteiger partial charge is 0.329 e. The lowest BCUT2D eigenvalue weighted by atomic mass is 10.1. The van der Waals surface area contributed by atoms with Gasteiger partial charge in [-0.05, 0) is 17.7 Å². The number of hydrogen-bond donors (Lipinski definition) is 2. The van der Waals surface area contributed by atoms with Crippen molar-refractivity contribution in [3.63, 3.8) is 0 Å². The first-order valence-corrected chi connectivity index (χ1v) is 4.79. The molecule has 0 amide bonds. The van der Waals surface area contributed by atoms with Crippen LogP contribution in [-0.4, -0.2) is 6.54 Å². The summed E-state index contributed by atoms with van der Waals surface area (Å²) in [5, 5.41) is 1.32. The monoisotopic (exact) mass is 238 g/mol. The Morgan fingerprint density at radius 3 is 2.38 bits per heavy atom. The van der Waals surface area contributed by atoms with Crippen LogP contribution in [0.25, 0.3) is 0 Å². The molecule has 72 valence electrons. The molecule has 5 heteroatoms. The van der Waals surface area contributed by atoms with Crippen LogP contribution < -0.4 is 11.5 Å². The van der Waals surface area contributed by atoms with Gasteiger partial charge in [-0.2, -0.15) is 0 Å². The Bertz CT molecular complexity index is 315. The Labute approximate surface area is 91.8 Å². The topological polar surface area (TPSA) is 52.0 Å². The molecule has 1 aromatic carbocycles. The molecule has 1 rings (SSSR count). The normalized spacial score (nSPS) is 13.0. The molecule has 1 aromatic rings. The minimum absolute atomic E-state index is 0.302. The molecule has 4 N–H and O–H groups in total. The van der Waals surface area contributed by atoms with E-state index in [4.69, 9.17) is 46.3 Å². The standard InChI is InChI=1S/C8H9Cl3N2/c9-4-1-5(7(13)3-12)8(11)6(10)2-4/h1-2,7H,3,12-13H2/t7-/m1/s1. The molecule has 2 nitrogen and oxygen atoms in total. The van der Waals surface area contributed by atoms with Crippen molar-refractivity contribution >= 4 is 34.8 Å². The highest BCUT2D eigenvalue weighted by atomic mass is 35.5. The van der Waals surface area contributed by atoms with E-state index >= 15 is 0 Å². The predicted molar refractivity (Wildman–Crippen MR) is 57.5 cm³/mol. The minimum atomic E-state index is -0.330. The van der Waals surface area contributed by atoms with Gasteiger partial charge in [-0.25, -0.2) is 0 Å². The maximum Gasteiger partial charge on any atom is 0.0641 e. The first kappa shape index (κ1) is 11.1. The lowest BCUT2D eigenvalue weighted by Gasteiger charge is -2.12. The molecular formula is C8H9Cl3N2. The van der Waals surface area contributed by atoms with Crippen LogP contribution in [0.3, 0.4) is 0 Å². The molecule has 0 radical (unpaired) electrons. The maximum absolute atomic E-state index is 5.91. The van der Waals surface area contributed by atoms with Crippen LogP contribution in [-0.2, 0) is 0 Å². The van der Waals surface area contributed by atoms with Gasteiger partial charge in [-0.1, -0.05) is 34.8 Å². The summed E-state index contributed by atoms with van der Waals surface area (Å²) in [6.07, 6.45) is 0. The van der Waals surface area contributed by atoms with Crippen molar-refractivity contribution in [2.24, 2.45) is 11.5 Å². The van der Waals surface area contributed by atoms with Gasteiger partial charge in [-0.3, -0.25) is 0 Å². The molecule has 0 aliphatic rings. The third-order valence-electron chi connectivity index (χ3n) is 1.67. The average Bonchev–Trinajstić information content (AvgIpc) is 2.10. The van der Waals surface area contributed by atoms with Crippen molar-refractivity contribution in [2.75, 3.05) is 6.54 Å². The van der Waals surface area contributed by atoms with Crippen LogP contribution in [0.5, 0.6) is 0 Å². The number of hydrogen-bond acceptors (Lipinski definition) is 2. The molecule has 1 atom stereocenters. The molecule has 0 aromatic heterocycles. The van der Waals surface area contributed by atoms with Gasteiger partial charge in [0, 0.05) is 17.6 Å². The fraction of sp³-hybridized carbons (Fsp3) is 0.250. The second-order valence-corrected chi connectivity index (χ2v) is 3.85. The van der Waals surface area contributed by atoms with Gasteiger partial charge < -0.3 is 11.5 Å². The number of rotatable bonds is 2. The van der Waals surface area contributed by atoms with E-state index in [2.05, 4.69) is 0 Å². The SMILES string of the molecule is NC[C@@H](N)c1cc(Cl)cc(Cl)c1Cl. The van der Waals surface area contributed by atoms with Crippen molar-refractivity contribution in [3.05, 3.63) is 32.8 Å². The van der Waals surface area contributed by atoms with E-state index in [0.717, 1.165) is 0 Å². The Hall–Kier alpha value is 0.01000. The molecule has 0 saturated carbocycles. The third-order valence-corrected chi connectivity index (χ3v) is 2.71. The zero-order chi connectivity index (χ0) is 10.0. The predicted octanol–water partition coefficient (Wildman–Crippen LogP) is 2.61. The van der Waals surface area contributed by atoms with Crippen LogP contribution in [0.1, 0.15) is 11.6 Å². The molecule has 13 heavy (non-hydrogen) atoms. The van der Waals surface area contributed by atoms with Crippen molar-refractivity contribution in [1.29, 1.82) is 0 Å². The minimum Gasteiger partial charge on any atom is -0.329 e. The number of benzene rings is 1. The van der Waals surface area contributed by atoms with E-state index in [1.165, 1.54) is 0 Å². The van der Waals surface area contributed by atoms with Crippen molar-refractivity contribution < 1.29 is 0 Å². The van der Waals surface area contributed by atoms with Crippen molar-refractivity contribution in [3.8, 4) is 0 Å². The summed E-state index contributed by atoms with van der Waals surface area (Å²) in [6.45, 7) is 0.302. The van der Waals surface area contributed by atoms with E-state index in [1.807, 2.05) is 0 Å². The maximum atomic E-state index is 5.91. The average molecular weight is 240 g/mol. The van der Waals surface area contributed by atoms with Crippen LogP contribution in [0.15, 0.2) is 12.1 Å². The van der Waals surface area contributed by atoms with Gasteiger partial charge in [0.1, 0.15) is 0 Å². The van der Waals surface area contributed by atoms with Gasteiger partial charge in [-0.15, -0.1) is 0 Å². The van der Waals surface area contributed by atoms with Gasteiger partial charge in [0.05, 0.1) is 10.0 Å². The highest BCUT2D eigenvalue weighted by Crippen LogP contribution is 2.32. The highest BCUT2D eigenvalue weighted by Gasteiger charge is 2.12. The highest BCUT2D eigenvalue weighted by molar-refractivity contribution is 6.43. The van der Waals surface area contributed by atoms with E-state index in [9.17, 15) is 0 Å². The van der Waals surface area contributed by atoms with Gasteiger partial charge >= 0.3 is 0 Å². The summed E-state index contributed by atoms with van der Waals surface area (Å²) in [5.74, 6) is 0. The molecule has 0 saturated heterocycles. The second kappa shape index (κ2) is 4.49. The molecule has 0 aliphatic carbocycles. The molecular weight excluding hydrogens is 230 g/mol. The van der Waals surface area contributed by atoms with Gasteiger partial charge in [0.15, 0.2) is 0 Å². The van der Waals surface area contributed by atoms with Gasteiger partial charge in [0.25, 0.3) is 0 Å². The first-order valence-electron chi connectivity index (χ1n) is 3.66. The quantitative estimate of drug-likeness (QED) is 0.780. The molecule has 0 heterocycles. The summed E-state index contributed by atoms with van der Waals surface area (Å²) in [7, 11) is 0. The lowest BCUT2D eigenvalue weighted by Crippen LogP contribution is -2.21. The lowest BCUT2D eigenvalue weighted by molar-refractivity contribution is 0.737. The number of nitrogens with two attached hydrogens (primary N) is 2. The number of halogens is 3. The smallest absolute Gasteiger partial charge is 0.0641 e. The summed E-state index contributed by atoms with van der Waals surface area (Å²) < 4.78 is 0. The van der Waals surface area contributed by atoms with Crippen LogP contribution in [0.2, 0.25) is 15.1 Å². The molecule has 0 unspecified atom stereocenters. The Morgan fingerprint density at radius 2 is 1.85 bits per heavy atom. The zero-order valence-electron chi connectivity index (χ0n) is 6.73. The summed E-state index contributed by atoms with van der Waals surface area (Å²) in [5.41, 5.74) is 11.8. The van der Waals surface area contributed by atoms with Crippen molar-refractivity contribution in [2.45, 2.75) is 6.04 Å². The van der Waals surface area contributed by atoms with Crippen LogP contribution in [0.4, 0.5) is 0 Å². The zero-order valence-corrected chi connectivity index (χ0v) is 9.00. The van der Waals surface area contributed by atoms with E-state index < -0.39 is 0 Å². The fourth-order valence-corrected chi connectivity index (χ4v) is 1.73. The fourth-order valence-electron chi connectivity index (χ4n) is 0.973. The summed E-state index contributed by atoms with van der Waals surface area (Å²) in [4.78, 5) is 0. The van der Waals surface area contributed by atoms with Gasteiger partial charge in [0.2, 0.25) is 0 Å². The van der Waals surface area contributed by atoms with Crippen LogP contribution >= 0.6 is 34.8 Å². The molecule has 0 bridgehead atoms. The Balaban J connectivity index is 3.20. The van der Waals surface area contributed by atoms with E-state index in [0.29, 0.717) is 27.2 Å². The third kappa shape index (κ3) is 2.48. The van der Waals surface area contributed by atoms with E-state index in [1.54, 1.807) is 12.1 Å². The molecule has 0 aliphatic heterocycles. The van der Waals surface area contributed by atoms with Crippen LogP contribution in [0, 0.1) is 0 Å². The van der Waals surface area contributed by atoms with Crippen molar-refractivity contribution in [1.82, 2.24) is 0 Å². The Kier molecular flexibility index (Phi) is 3.83. The first-order chi connectivity index (χ1) is 6.06. The van der Waals surface area contributed by atoms with E-state index in [-0.39, 0.29) is 6.04 Å². The Morgan fingerprint density at radius 1 is 1.23 bits per heavy atom. The second-order valence-electron chi connectivity index (χ2n) is 2.63. The molecule has 0 fully saturated rings. The summed E-state index contributed by atoms with van der Waals surface area (Å²) >= 11 is 17.5. The summed E-state index contributed by atoms with van der Waals surface area (Å²) in [6, 6.07) is 2.91. The molecule has 0 spiro atoms.